The van der Waals surface area contributed by atoms with Gasteiger partial charge in [0.2, 0.25) is 0 Å². The third-order valence-electron chi connectivity index (χ3n) is 4.30. The van der Waals surface area contributed by atoms with E-state index < -0.39 is 16.2 Å². The average molecular weight is 391 g/mol. The maximum absolute atomic E-state index is 12.4. The van der Waals surface area contributed by atoms with Crippen LogP contribution in [0.3, 0.4) is 0 Å². The van der Waals surface area contributed by atoms with Crippen LogP contribution >= 0.6 is 0 Å². The average Bonchev–Trinajstić information content (AvgIpc) is 2.68. The van der Waals surface area contributed by atoms with Crippen molar-refractivity contribution in [1.29, 1.82) is 0 Å². The van der Waals surface area contributed by atoms with Gasteiger partial charge in [0.15, 0.2) is 0 Å². The highest BCUT2D eigenvalue weighted by molar-refractivity contribution is 7.91. The predicted octanol–water partition coefficient (Wildman–Crippen LogP) is 4.47. The Morgan fingerprint density at radius 1 is 0.643 bits per heavy atom. The molecule has 0 fully saturated rings. The zero-order valence-corrected chi connectivity index (χ0v) is 15.5. The molecule has 140 valence electrons. The number of rotatable bonds is 4. The molecule has 0 unspecified atom stereocenters. The first kappa shape index (κ1) is 17.8. The summed E-state index contributed by atoms with van der Waals surface area (Å²) in [6.07, 6.45) is 0. The molecule has 0 aliphatic rings. The van der Waals surface area contributed by atoms with Crippen molar-refractivity contribution in [3.8, 4) is 0 Å². The van der Waals surface area contributed by atoms with E-state index in [2.05, 4.69) is 10.0 Å². The Bertz CT molecular complexity index is 1280. The van der Waals surface area contributed by atoms with Gasteiger partial charge in [0.25, 0.3) is 0 Å². The van der Waals surface area contributed by atoms with Crippen LogP contribution in [0.2, 0.25) is 0 Å². The first-order valence-corrected chi connectivity index (χ1v) is 10.1. The maximum atomic E-state index is 12.4. The molecule has 3 N–H and O–H groups in total. The van der Waals surface area contributed by atoms with Gasteiger partial charge < -0.3 is 5.32 Å². The number of carbonyl (C=O) groups excluding carboxylic acids is 1. The predicted molar refractivity (Wildman–Crippen MR) is 113 cm³/mol. The number of nitrogens with one attached hydrogen (secondary N) is 3. The van der Waals surface area contributed by atoms with Crippen LogP contribution < -0.4 is 14.8 Å². The molecule has 0 radical (unpaired) electrons. The number of hydrogen-bond donors (Lipinski definition) is 3. The van der Waals surface area contributed by atoms with Crippen LogP contribution in [0.5, 0.6) is 0 Å². The number of benzene rings is 4. The Kier molecular flexibility index (Phi) is 4.58. The number of hydrogen-bond acceptors (Lipinski definition) is 3. The summed E-state index contributed by atoms with van der Waals surface area (Å²) >= 11 is 0. The summed E-state index contributed by atoms with van der Waals surface area (Å²) in [5, 5.41) is 5.99. The summed E-state index contributed by atoms with van der Waals surface area (Å²) in [7, 11) is -4.11. The monoisotopic (exact) mass is 391 g/mol. The van der Waals surface area contributed by atoms with Crippen molar-refractivity contribution in [2.75, 3.05) is 10.0 Å². The van der Waals surface area contributed by atoms with Gasteiger partial charge in [-0.3, -0.25) is 4.72 Å². The summed E-state index contributed by atoms with van der Waals surface area (Å²) in [4.78, 5) is 12.3. The van der Waals surface area contributed by atoms with Gasteiger partial charge in [0.05, 0.1) is 11.4 Å². The second-order valence-electron chi connectivity index (χ2n) is 6.22. The lowest BCUT2D eigenvalue weighted by Crippen LogP contribution is -2.38. The fourth-order valence-corrected chi connectivity index (χ4v) is 3.90. The minimum absolute atomic E-state index is 0.392. The second kappa shape index (κ2) is 7.21. The van der Waals surface area contributed by atoms with Crippen molar-refractivity contribution in [3.05, 3.63) is 84.9 Å². The van der Waals surface area contributed by atoms with Crippen molar-refractivity contribution < 1.29 is 13.2 Å². The lowest BCUT2D eigenvalue weighted by Gasteiger charge is -2.13. The summed E-state index contributed by atoms with van der Waals surface area (Å²) in [5.41, 5.74) is 0.916. The van der Waals surface area contributed by atoms with Gasteiger partial charge in [-0.15, -0.1) is 0 Å². The van der Waals surface area contributed by atoms with E-state index in [1.54, 1.807) is 24.3 Å². The number of fused-ring (bicyclic) bond motifs is 2. The van der Waals surface area contributed by atoms with Gasteiger partial charge in [-0.2, -0.15) is 8.42 Å². The van der Waals surface area contributed by atoms with Gasteiger partial charge in [-0.05, 0) is 22.9 Å². The van der Waals surface area contributed by atoms with Crippen LogP contribution in [-0.4, -0.2) is 14.4 Å². The Balaban J connectivity index is 1.53. The highest BCUT2D eigenvalue weighted by Gasteiger charge is 2.16. The fraction of sp³-hybridized carbons (Fsp3) is 0. The van der Waals surface area contributed by atoms with E-state index in [9.17, 15) is 13.2 Å². The van der Waals surface area contributed by atoms with E-state index in [1.807, 2.05) is 65.4 Å². The highest BCUT2D eigenvalue weighted by atomic mass is 32.2. The van der Waals surface area contributed by atoms with Crippen LogP contribution in [0.15, 0.2) is 84.9 Å². The van der Waals surface area contributed by atoms with Crippen molar-refractivity contribution in [1.82, 2.24) is 4.72 Å². The van der Waals surface area contributed by atoms with E-state index in [4.69, 9.17) is 0 Å². The molecule has 0 aliphatic heterocycles. The largest absolute Gasteiger partial charge is 0.334 e. The lowest BCUT2D eigenvalue weighted by molar-refractivity contribution is 0.256. The second-order valence-corrected chi connectivity index (χ2v) is 7.63. The fourth-order valence-electron chi connectivity index (χ4n) is 3.09. The van der Waals surface area contributed by atoms with E-state index in [0.29, 0.717) is 11.4 Å². The third kappa shape index (κ3) is 3.74. The Morgan fingerprint density at radius 2 is 1.14 bits per heavy atom. The zero-order chi connectivity index (χ0) is 19.6. The highest BCUT2D eigenvalue weighted by Crippen LogP contribution is 2.24. The van der Waals surface area contributed by atoms with E-state index in [0.717, 1.165) is 21.5 Å². The number of urea groups is 1. The molecule has 0 aromatic heterocycles. The minimum Gasteiger partial charge on any atom is -0.307 e. The normalized spacial score (nSPS) is 11.3. The van der Waals surface area contributed by atoms with Gasteiger partial charge in [-0.1, -0.05) is 72.8 Å². The Morgan fingerprint density at radius 3 is 1.79 bits per heavy atom. The molecule has 0 atom stereocenters. The lowest BCUT2D eigenvalue weighted by atomic mass is 10.1. The molecular weight excluding hydrogens is 374 g/mol. The maximum Gasteiger partial charge on any atom is 0.334 e. The molecule has 0 saturated carbocycles. The quantitative estimate of drug-likeness (QED) is 0.480. The van der Waals surface area contributed by atoms with Crippen molar-refractivity contribution >= 4 is 49.2 Å². The minimum atomic E-state index is -4.11. The summed E-state index contributed by atoms with van der Waals surface area (Å²) < 4.78 is 29.3. The third-order valence-corrected chi connectivity index (χ3v) is 5.24. The van der Waals surface area contributed by atoms with Gasteiger partial charge in [0.1, 0.15) is 0 Å². The van der Waals surface area contributed by atoms with Crippen molar-refractivity contribution in [2.45, 2.75) is 0 Å². The molecule has 6 nitrogen and oxygen atoms in total. The van der Waals surface area contributed by atoms with Crippen LogP contribution in [0.25, 0.3) is 21.5 Å². The molecule has 0 saturated heterocycles. The van der Waals surface area contributed by atoms with E-state index in [1.165, 1.54) is 0 Å². The van der Waals surface area contributed by atoms with Gasteiger partial charge in [0, 0.05) is 10.8 Å². The van der Waals surface area contributed by atoms with Crippen LogP contribution in [0, 0.1) is 0 Å². The molecular formula is C21H17N3O3S. The zero-order valence-electron chi connectivity index (χ0n) is 14.7. The molecule has 4 aromatic rings. The Labute approximate surface area is 162 Å². The molecule has 0 bridgehead atoms. The summed E-state index contributed by atoms with van der Waals surface area (Å²) in [6, 6.07) is 24.7. The smallest absolute Gasteiger partial charge is 0.307 e. The number of amides is 2. The first-order valence-electron chi connectivity index (χ1n) is 8.59. The molecule has 4 rings (SSSR count). The van der Waals surface area contributed by atoms with Crippen LogP contribution in [0.4, 0.5) is 16.2 Å². The van der Waals surface area contributed by atoms with Gasteiger partial charge in [-0.25, -0.2) is 9.52 Å². The molecule has 7 heteroatoms. The van der Waals surface area contributed by atoms with Crippen LogP contribution in [0.1, 0.15) is 0 Å². The summed E-state index contributed by atoms with van der Waals surface area (Å²) in [6.45, 7) is 0. The van der Waals surface area contributed by atoms with Crippen molar-refractivity contribution in [3.63, 3.8) is 0 Å². The first-order chi connectivity index (χ1) is 13.5. The van der Waals surface area contributed by atoms with Gasteiger partial charge >= 0.3 is 16.2 Å². The topological polar surface area (TPSA) is 87.3 Å². The molecule has 0 aliphatic carbocycles. The standard InChI is InChI=1S/C21H17N3O3S/c25-21(22-19-13-5-9-15-7-1-3-11-17(15)19)24-28(26,27)23-20-14-6-10-16-8-2-4-12-18(16)20/h1-14,23H,(H2,22,24,25). The van der Waals surface area contributed by atoms with E-state index in [-0.39, 0.29) is 0 Å². The molecule has 2 amide bonds. The van der Waals surface area contributed by atoms with E-state index >= 15 is 0 Å². The molecule has 0 heterocycles. The molecule has 4 aromatic carbocycles. The molecule has 0 spiro atoms. The Hall–Kier alpha value is -3.58. The summed E-state index contributed by atoms with van der Waals surface area (Å²) in [5.74, 6) is 0. The molecule has 28 heavy (non-hydrogen) atoms. The number of anilines is 2. The number of carbonyl (C=O) groups is 1. The van der Waals surface area contributed by atoms with Crippen LogP contribution in [-0.2, 0) is 10.2 Å². The van der Waals surface area contributed by atoms with Crippen molar-refractivity contribution in [2.24, 2.45) is 0 Å². The SMILES string of the molecule is O=C(Nc1cccc2ccccc12)NS(=O)(=O)Nc1cccc2ccccc12.